The highest BCUT2D eigenvalue weighted by molar-refractivity contribution is 6.03. The molecule has 0 aromatic heterocycles. The molecule has 6 nitrogen and oxygen atoms in total. The first-order valence-corrected chi connectivity index (χ1v) is 8.59. The van der Waals surface area contributed by atoms with Gasteiger partial charge < -0.3 is 19.7 Å². The van der Waals surface area contributed by atoms with E-state index in [0.717, 1.165) is 11.4 Å². The van der Waals surface area contributed by atoms with Crippen LogP contribution >= 0.6 is 0 Å². The molecule has 0 bridgehead atoms. The number of carbonyl (C=O) groups excluding carboxylic acids is 2. The van der Waals surface area contributed by atoms with Crippen LogP contribution in [0.4, 0.5) is 11.4 Å². The van der Waals surface area contributed by atoms with Crippen LogP contribution < -0.4 is 19.7 Å². The van der Waals surface area contributed by atoms with Crippen molar-refractivity contribution in [3.8, 4) is 11.5 Å². The molecule has 0 radical (unpaired) electrons. The predicted molar refractivity (Wildman–Crippen MR) is 99.7 cm³/mol. The first-order chi connectivity index (χ1) is 12.6. The fourth-order valence-corrected chi connectivity index (χ4v) is 2.96. The number of amides is 2. The lowest BCUT2D eigenvalue weighted by molar-refractivity contribution is -0.122. The third kappa shape index (κ3) is 3.96. The second-order valence-corrected chi connectivity index (χ2v) is 6.05. The van der Waals surface area contributed by atoms with Crippen molar-refractivity contribution in [2.75, 3.05) is 30.5 Å². The van der Waals surface area contributed by atoms with Gasteiger partial charge in [-0.15, -0.1) is 0 Å². The van der Waals surface area contributed by atoms with E-state index in [1.165, 1.54) is 0 Å². The average Bonchev–Trinajstić information content (AvgIpc) is 3.05. The van der Waals surface area contributed by atoms with Crippen LogP contribution in [-0.4, -0.2) is 32.1 Å². The van der Waals surface area contributed by atoms with Crippen molar-refractivity contribution in [3.05, 3.63) is 48.5 Å². The summed E-state index contributed by atoms with van der Waals surface area (Å²) in [5.41, 5.74) is 1.43. The fourth-order valence-electron chi connectivity index (χ4n) is 2.96. The normalized spacial score (nSPS) is 16.5. The second-order valence-electron chi connectivity index (χ2n) is 6.05. The SMILES string of the molecule is CCOc1ccc(NC(=O)[C@@H]2CC(=O)N(c3cccc(OC)c3)C2)cc1. The number of nitrogens with one attached hydrogen (secondary N) is 1. The van der Waals surface area contributed by atoms with Crippen LogP contribution in [0.1, 0.15) is 13.3 Å². The number of hydrogen-bond donors (Lipinski definition) is 1. The molecule has 1 aliphatic heterocycles. The summed E-state index contributed by atoms with van der Waals surface area (Å²) in [5.74, 6) is 0.821. The van der Waals surface area contributed by atoms with Gasteiger partial charge in [-0.3, -0.25) is 9.59 Å². The molecule has 2 aromatic rings. The number of ether oxygens (including phenoxy) is 2. The largest absolute Gasteiger partial charge is 0.497 e. The van der Waals surface area contributed by atoms with Gasteiger partial charge in [-0.25, -0.2) is 0 Å². The molecule has 2 aromatic carbocycles. The Morgan fingerprint density at radius 1 is 1.19 bits per heavy atom. The molecule has 1 N–H and O–H groups in total. The zero-order chi connectivity index (χ0) is 18.5. The molecule has 3 rings (SSSR count). The third-order valence-electron chi connectivity index (χ3n) is 4.29. The van der Waals surface area contributed by atoms with E-state index in [1.54, 1.807) is 30.2 Å². The maximum Gasteiger partial charge on any atom is 0.229 e. The average molecular weight is 354 g/mol. The molecule has 0 unspecified atom stereocenters. The van der Waals surface area contributed by atoms with Crippen LogP contribution in [0.3, 0.4) is 0 Å². The number of benzene rings is 2. The lowest BCUT2D eigenvalue weighted by atomic mass is 10.1. The van der Waals surface area contributed by atoms with Crippen molar-refractivity contribution in [1.29, 1.82) is 0 Å². The molecule has 1 heterocycles. The molecule has 26 heavy (non-hydrogen) atoms. The van der Waals surface area contributed by atoms with Gasteiger partial charge in [0.25, 0.3) is 0 Å². The molecule has 6 heteroatoms. The quantitative estimate of drug-likeness (QED) is 0.866. The third-order valence-corrected chi connectivity index (χ3v) is 4.29. The highest BCUT2D eigenvalue weighted by Gasteiger charge is 2.35. The number of anilines is 2. The summed E-state index contributed by atoms with van der Waals surface area (Å²) in [5, 5.41) is 2.87. The van der Waals surface area contributed by atoms with Gasteiger partial charge in [0.1, 0.15) is 11.5 Å². The minimum atomic E-state index is -0.389. The van der Waals surface area contributed by atoms with Crippen molar-refractivity contribution in [2.24, 2.45) is 5.92 Å². The lowest BCUT2D eigenvalue weighted by Gasteiger charge is -2.17. The van der Waals surface area contributed by atoms with Gasteiger partial charge in [-0.05, 0) is 43.3 Å². The second kappa shape index (κ2) is 7.91. The minimum absolute atomic E-state index is 0.0647. The summed E-state index contributed by atoms with van der Waals surface area (Å²) in [4.78, 5) is 26.5. The molecule has 1 fully saturated rings. The zero-order valence-electron chi connectivity index (χ0n) is 14.9. The Balaban J connectivity index is 1.64. The number of carbonyl (C=O) groups is 2. The summed E-state index contributed by atoms with van der Waals surface area (Å²) in [7, 11) is 1.58. The predicted octanol–water partition coefficient (Wildman–Crippen LogP) is 3.09. The van der Waals surface area contributed by atoms with E-state index in [-0.39, 0.29) is 24.2 Å². The summed E-state index contributed by atoms with van der Waals surface area (Å²) in [6.45, 7) is 2.87. The number of hydrogen-bond acceptors (Lipinski definition) is 4. The first-order valence-electron chi connectivity index (χ1n) is 8.59. The Morgan fingerprint density at radius 3 is 2.65 bits per heavy atom. The van der Waals surface area contributed by atoms with Gasteiger partial charge in [0, 0.05) is 30.4 Å². The molecule has 2 amide bonds. The lowest BCUT2D eigenvalue weighted by Crippen LogP contribution is -2.28. The van der Waals surface area contributed by atoms with Crippen LogP contribution in [0, 0.1) is 5.92 Å². The molecule has 0 spiro atoms. The van der Waals surface area contributed by atoms with Crippen LogP contribution in [-0.2, 0) is 9.59 Å². The van der Waals surface area contributed by atoms with E-state index < -0.39 is 0 Å². The van der Waals surface area contributed by atoms with E-state index in [9.17, 15) is 9.59 Å². The Bertz CT molecular complexity index is 789. The summed E-state index contributed by atoms with van der Waals surface area (Å²) in [6.07, 6.45) is 0.195. The maximum absolute atomic E-state index is 12.5. The van der Waals surface area contributed by atoms with Crippen molar-refractivity contribution in [1.82, 2.24) is 0 Å². The molecular weight excluding hydrogens is 332 g/mol. The van der Waals surface area contributed by atoms with Crippen LogP contribution in [0.25, 0.3) is 0 Å². The molecule has 1 saturated heterocycles. The van der Waals surface area contributed by atoms with Gasteiger partial charge in [-0.2, -0.15) is 0 Å². The number of methoxy groups -OCH3 is 1. The van der Waals surface area contributed by atoms with E-state index in [4.69, 9.17) is 9.47 Å². The van der Waals surface area contributed by atoms with Gasteiger partial charge in [0.15, 0.2) is 0 Å². The molecule has 0 aliphatic carbocycles. The number of nitrogens with zero attached hydrogens (tertiary/aromatic N) is 1. The fraction of sp³-hybridized carbons (Fsp3) is 0.300. The highest BCUT2D eigenvalue weighted by atomic mass is 16.5. The van der Waals surface area contributed by atoms with E-state index >= 15 is 0 Å². The van der Waals surface area contributed by atoms with E-state index in [2.05, 4.69) is 5.32 Å². The Kier molecular flexibility index (Phi) is 5.41. The van der Waals surface area contributed by atoms with Crippen molar-refractivity contribution < 1.29 is 19.1 Å². The van der Waals surface area contributed by atoms with Crippen LogP contribution in [0.2, 0.25) is 0 Å². The van der Waals surface area contributed by atoms with Gasteiger partial charge in [-0.1, -0.05) is 6.07 Å². The summed E-state index contributed by atoms with van der Waals surface area (Å²) >= 11 is 0. The Labute approximate surface area is 152 Å². The Hall–Kier alpha value is -3.02. The smallest absolute Gasteiger partial charge is 0.229 e. The van der Waals surface area contributed by atoms with E-state index in [0.29, 0.717) is 24.6 Å². The topological polar surface area (TPSA) is 67.9 Å². The van der Waals surface area contributed by atoms with Gasteiger partial charge in [0.2, 0.25) is 11.8 Å². The Morgan fingerprint density at radius 2 is 1.96 bits per heavy atom. The molecule has 1 aliphatic rings. The van der Waals surface area contributed by atoms with Gasteiger partial charge >= 0.3 is 0 Å². The maximum atomic E-state index is 12.5. The van der Waals surface area contributed by atoms with Crippen molar-refractivity contribution >= 4 is 23.2 Å². The van der Waals surface area contributed by atoms with Crippen molar-refractivity contribution in [2.45, 2.75) is 13.3 Å². The summed E-state index contributed by atoms with van der Waals surface area (Å²) in [6, 6.07) is 14.5. The minimum Gasteiger partial charge on any atom is -0.497 e. The highest BCUT2D eigenvalue weighted by Crippen LogP contribution is 2.28. The molecule has 136 valence electrons. The van der Waals surface area contributed by atoms with Crippen molar-refractivity contribution in [3.63, 3.8) is 0 Å². The van der Waals surface area contributed by atoms with Gasteiger partial charge in [0.05, 0.1) is 19.6 Å². The van der Waals surface area contributed by atoms with E-state index in [1.807, 2.05) is 37.3 Å². The van der Waals surface area contributed by atoms with Crippen LogP contribution in [0.5, 0.6) is 11.5 Å². The summed E-state index contributed by atoms with van der Waals surface area (Å²) < 4.78 is 10.6. The molecule has 1 atom stereocenters. The first kappa shape index (κ1) is 17.8. The molecular formula is C20H22N2O4. The monoisotopic (exact) mass is 354 g/mol. The zero-order valence-corrected chi connectivity index (χ0v) is 14.9. The molecule has 0 saturated carbocycles. The number of rotatable bonds is 6. The van der Waals surface area contributed by atoms with Crippen LogP contribution in [0.15, 0.2) is 48.5 Å². The standard InChI is InChI=1S/C20H22N2O4/c1-3-26-17-9-7-15(8-10-17)21-20(24)14-11-19(23)22(13-14)16-5-4-6-18(12-16)25-2/h4-10,12,14H,3,11,13H2,1-2H3,(H,21,24)/t14-/m1/s1.